The van der Waals surface area contributed by atoms with Gasteiger partial charge in [-0.2, -0.15) is 0 Å². The molecule has 4 atom stereocenters. The average Bonchev–Trinajstić information content (AvgIpc) is 3.31. The summed E-state index contributed by atoms with van der Waals surface area (Å²) in [5.41, 5.74) is -0.0232. The minimum Gasteiger partial charge on any atom is -0.507 e. The fraction of sp³-hybridized carbons (Fsp3) is 0.556. The number of nitrogens with zero attached hydrogens (tertiary/aromatic N) is 1. The van der Waals surface area contributed by atoms with E-state index in [0.717, 1.165) is 0 Å². The number of benzene rings is 1. The molecule has 1 amide bonds. The van der Waals surface area contributed by atoms with Gasteiger partial charge in [-0.25, -0.2) is 4.79 Å². The molecule has 1 aromatic carbocycles. The topological polar surface area (TPSA) is 160 Å². The first-order chi connectivity index (χ1) is 14.3. The van der Waals surface area contributed by atoms with Gasteiger partial charge in [-0.1, -0.05) is 6.07 Å². The molecule has 6 N–H and O–H groups in total. The number of amides is 1. The molecule has 10 nitrogen and oxygen atoms in total. The minimum atomic E-state index is -1.52. The van der Waals surface area contributed by atoms with Crippen molar-refractivity contribution in [3.8, 4) is 11.5 Å². The van der Waals surface area contributed by atoms with E-state index in [1.165, 1.54) is 12.1 Å². The minimum absolute atomic E-state index is 0.00394. The number of β-amino-alcohol motifs (C(OH)–C–C–N with tert-alkyl or cyclic N) is 1. The summed E-state index contributed by atoms with van der Waals surface area (Å²) in [6.07, 6.45) is 0.152. The monoisotopic (exact) mass is 407 g/mol. The third kappa shape index (κ3) is 3.78. The number of hydrogen-bond donors (Lipinski definition) is 6. The van der Waals surface area contributed by atoms with Crippen molar-refractivity contribution in [1.29, 1.82) is 1.43 Å². The normalized spacial score (nSPS) is 29.2. The number of carbonyl (C=O) groups is 2. The maximum Gasteiger partial charge on any atom is 0.455 e. The summed E-state index contributed by atoms with van der Waals surface area (Å²) in [6.45, 7) is 1.01. The van der Waals surface area contributed by atoms with Crippen molar-refractivity contribution >= 4 is 19.0 Å². The number of carbonyl (C=O) groups excluding carboxylic acids is 1. The lowest BCUT2D eigenvalue weighted by molar-refractivity contribution is -0.142. The smallest absolute Gasteiger partial charge is 0.455 e. The van der Waals surface area contributed by atoms with Crippen molar-refractivity contribution in [1.82, 2.24) is 10.2 Å². The molecule has 2 aliphatic heterocycles. The molecule has 0 bridgehead atoms. The number of carboxylic acid groups (broad SMARTS) is 1. The van der Waals surface area contributed by atoms with Gasteiger partial charge in [0, 0.05) is 12.4 Å². The molecule has 3 fully saturated rings. The van der Waals surface area contributed by atoms with Crippen LogP contribution in [0.3, 0.4) is 0 Å². The van der Waals surface area contributed by atoms with E-state index >= 15 is 0 Å². The van der Waals surface area contributed by atoms with Gasteiger partial charge >= 0.3 is 13.1 Å². The van der Waals surface area contributed by atoms with Crippen molar-refractivity contribution < 1.29 is 39.7 Å². The van der Waals surface area contributed by atoms with Crippen LogP contribution >= 0.6 is 0 Å². The first kappa shape index (κ1) is 18.7. The number of nitrogens with one attached hydrogen (secondary N) is 1. The lowest BCUT2D eigenvalue weighted by Crippen LogP contribution is -2.59. The van der Waals surface area contributed by atoms with E-state index in [0.29, 0.717) is 24.9 Å². The molecule has 2 saturated heterocycles. The van der Waals surface area contributed by atoms with Crippen molar-refractivity contribution in [2.24, 2.45) is 0 Å². The Morgan fingerprint density at radius 1 is 1.28 bits per heavy atom. The molecule has 1 aliphatic carbocycles. The summed E-state index contributed by atoms with van der Waals surface area (Å²) in [5, 5.41) is 46.1. The van der Waals surface area contributed by atoms with Gasteiger partial charge in [0.1, 0.15) is 23.2 Å². The summed E-state index contributed by atoms with van der Waals surface area (Å²) < 4.78 is 12.7. The largest absolute Gasteiger partial charge is 0.507 e. The predicted octanol–water partition coefficient (Wildman–Crippen LogP) is -1.27. The van der Waals surface area contributed by atoms with Crippen LogP contribution in [0.1, 0.15) is 34.7 Å². The molecular formula is C18H23BN2O8. The Kier molecular flexibility index (Phi) is 4.82. The lowest BCUT2D eigenvalue weighted by Gasteiger charge is -2.40. The number of aliphatic hydroxyl groups is 1. The van der Waals surface area contributed by atoms with Crippen molar-refractivity contribution in [2.75, 3.05) is 19.6 Å². The van der Waals surface area contributed by atoms with Gasteiger partial charge in [0.05, 0.1) is 25.2 Å². The van der Waals surface area contributed by atoms with Crippen LogP contribution in [0, 0.1) is 0 Å². The van der Waals surface area contributed by atoms with Crippen LogP contribution in [0.5, 0.6) is 11.5 Å². The molecule has 1 aromatic rings. The fourth-order valence-corrected chi connectivity index (χ4v) is 4.08. The zero-order valence-electron chi connectivity index (χ0n) is 16.5. The van der Waals surface area contributed by atoms with Crippen molar-refractivity contribution in [3.63, 3.8) is 0 Å². The number of aromatic carboxylic acids is 1. The standard InChI is InChI=1S/C18H23BN2O8/c22-8-3-13(20-5-8)17(24)21-6-9(7-21)29-14-2-1-10(11-4-12(11)19(27)28)16(23)15(14)18(25)26/h1-2,8-9,11-13,20,22-23,27-28H,3-7H2,(H,25,26)/t8-,11-,12-,13-/m0/s1/i22D. The molecule has 1 saturated carbocycles. The average molecular weight is 407 g/mol. The SMILES string of the molecule is [2H]O[C@@H]1CN[C@H](C(=O)N2CC(Oc3ccc([C@@H]4C[C@@H]4B(O)O)c(O)c3C(=O)O)C2)C1. The molecule has 3 aliphatic rings. The van der Waals surface area contributed by atoms with Crippen LogP contribution in [0.25, 0.3) is 0 Å². The second-order valence-corrected chi connectivity index (χ2v) is 7.90. The van der Waals surface area contributed by atoms with E-state index in [4.69, 9.17) is 6.17 Å². The summed E-state index contributed by atoms with van der Waals surface area (Å²) in [6, 6.07) is 2.58. The number of phenols is 1. The Labute approximate surface area is 168 Å². The van der Waals surface area contributed by atoms with Crippen LogP contribution in [0.4, 0.5) is 0 Å². The number of rotatable bonds is 7. The molecule has 4 rings (SSSR count). The summed E-state index contributed by atoms with van der Waals surface area (Å²) >= 11 is 0. The summed E-state index contributed by atoms with van der Waals surface area (Å²) in [5.74, 6) is -2.64. The number of likely N-dealkylation sites (tertiary alicyclic amines) is 1. The molecule has 156 valence electrons. The van der Waals surface area contributed by atoms with Crippen LogP contribution in [0.15, 0.2) is 12.1 Å². The van der Waals surface area contributed by atoms with E-state index in [2.05, 4.69) is 10.4 Å². The highest BCUT2D eigenvalue weighted by molar-refractivity contribution is 6.44. The molecular weight excluding hydrogens is 383 g/mol. The number of carboxylic acids is 1. The Morgan fingerprint density at radius 2 is 2.03 bits per heavy atom. The van der Waals surface area contributed by atoms with Gasteiger partial charge in [0.15, 0.2) is 0 Å². The Morgan fingerprint density at radius 3 is 2.62 bits per heavy atom. The van der Waals surface area contributed by atoms with Gasteiger partial charge in [0.2, 0.25) is 7.34 Å². The number of hydrogen-bond acceptors (Lipinski definition) is 8. The highest BCUT2D eigenvalue weighted by Gasteiger charge is 2.48. The molecule has 0 aromatic heterocycles. The fourth-order valence-electron chi connectivity index (χ4n) is 4.08. The number of aromatic hydroxyl groups is 1. The third-order valence-corrected chi connectivity index (χ3v) is 5.85. The van der Waals surface area contributed by atoms with E-state index in [-0.39, 0.29) is 42.3 Å². The Bertz CT molecular complexity index is 850. The predicted molar refractivity (Wildman–Crippen MR) is 99.8 cm³/mol. The number of aliphatic hydroxyl groups excluding tert-OH is 1. The molecule has 0 spiro atoms. The summed E-state index contributed by atoms with van der Waals surface area (Å²) in [7, 11) is -1.52. The quantitative estimate of drug-likeness (QED) is 0.303. The van der Waals surface area contributed by atoms with Crippen LogP contribution in [-0.4, -0.2) is 88.6 Å². The van der Waals surface area contributed by atoms with Crippen molar-refractivity contribution in [3.05, 3.63) is 23.3 Å². The van der Waals surface area contributed by atoms with Gasteiger partial charge in [-0.3, -0.25) is 4.79 Å². The molecule has 11 heteroatoms. The zero-order valence-corrected chi connectivity index (χ0v) is 15.5. The van der Waals surface area contributed by atoms with Gasteiger partial charge in [-0.15, -0.1) is 0 Å². The third-order valence-electron chi connectivity index (χ3n) is 5.85. The van der Waals surface area contributed by atoms with Crippen molar-refractivity contribution in [2.45, 2.75) is 42.8 Å². The first-order valence-corrected chi connectivity index (χ1v) is 9.56. The van der Waals surface area contributed by atoms with Crippen LogP contribution < -0.4 is 10.1 Å². The molecule has 0 radical (unpaired) electrons. The van der Waals surface area contributed by atoms with E-state index < -0.39 is 36.8 Å². The van der Waals surface area contributed by atoms with Gasteiger partial charge in [-0.05, 0) is 30.4 Å². The van der Waals surface area contributed by atoms with Gasteiger partial charge < -0.3 is 40.3 Å². The molecule has 29 heavy (non-hydrogen) atoms. The van der Waals surface area contributed by atoms with E-state index in [1.54, 1.807) is 4.90 Å². The zero-order chi connectivity index (χ0) is 21.6. The highest BCUT2D eigenvalue weighted by atomic mass is 16.5. The van der Waals surface area contributed by atoms with Crippen LogP contribution in [0.2, 0.25) is 5.82 Å². The maximum absolute atomic E-state index is 12.4. The van der Waals surface area contributed by atoms with Gasteiger partial charge in [0.25, 0.3) is 0 Å². The first-order valence-electron chi connectivity index (χ1n) is 9.97. The second-order valence-electron chi connectivity index (χ2n) is 7.90. The van der Waals surface area contributed by atoms with Crippen LogP contribution in [-0.2, 0) is 4.79 Å². The van der Waals surface area contributed by atoms with E-state index in [9.17, 15) is 29.9 Å². The molecule has 0 unspecified atom stereocenters. The summed E-state index contributed by atoms with van der Waals surface area (Å²) in [4.78, 5) is 25.7. The maximum atomic E-state index is 12.4. The Balaban J connectivity index is 1.39. The second kappa shape index (κ2) is 7.49. The lowest BCUT2D eigenvalue weighted by atomic mass is 9.81. The highest BCUT2D eigenvalue weighted by Crippen LogP contribution is 2.56. The Hall–Kier alpha value is -2.34. The molecule has 2 heterocycles. The number of ether oxygens (including phenoxy) is 1. The van der Waals surface area contributed by atoms with E-state index in [1.807, 2.05) is 0 Å².